The van der Waals surface area contributed by atoms with E-state index >= 15 is 0 Å². The van der Waals surface area contributed by atoms with Gasteiger partial charge in [0.05, 0.1) is 6.04 Å². The van der Waals surface area contributed by atoms with E-state index in [1.807, 2.05) is 19.1 Å². The summed E-state index contributed by atoms with van der Waals surface area (Å²) in [6, 6.07) is 5.85. The molecule has 0 aliphatic rings. The third kappa shape index (κ3) is 1.74. The molecule has 0 aromatic carbocycles. The summed E-state index contributed by atoms with van der Waals surface area (Å²) < 4.78 is 5.49. The van der Waals surface area contributed by atoms with E-state index in [0.29, 0.717) is 0 Å². The standard InChI is InChI=1S/C11H13NOS/c1-7-3-4-10(13-7)11(12)9-5-8(2)14-6-9/h3-6,11H,12H2,1-2H3. The highest BCUT2D eigenvalue weighted by Crippen LogP contribution is 2.25. The molecule has 2 aromatic heterocycles. The third-order valence-electron chi connectivity index (χ3n) is 2.18. The van der Waals surface area contributed by atoms with Crippen molar-refractivity contribution in [1.29, 1.82) is 0 Å². The number of aryl methyl sites for hydroxylation is 2. The van der Waals surface area contributed by atoms with Crippen LogP contribution in [0.2, 0.25) is 0 Å². The largest absolute Gasteiger partial charge is 0.464 e. The van der Waals surface area contributed by atoms with Gasteiger partial charge in [0.2, 0.25) is 0 Å². The second-order valence-electron chi connectivity index (χ2n) is 3.42. The van der Waals surface area contributed by atoms with Gasteiger partial charge in [-0.3, -0.25) is 0 Å². The Morgan fingerprint density at radius 3 is 2.64 bits per heavy atom. The summed E-state index contributed by atoms with van der Waals surface area (Å²) >= 11 is 1.71. The Kier molecular flexibility index (Phi) is 2.44. The van der Waals surface area contributed by atoms with Crippen molar-refractivity contribution in [1.82, 2.24) is 0 Å². The molecule has 2 nitrogen and oxygen atoms in total. The van der Waals surface area contributed by atoms with E-state index < -0.39 is 0 Å². The first-order chi connectivity index (χ1) is 6.66. The van der Waals surface area contributed by atoms with Crippen molar-refractivity contribution in [3.05, 3.63) is 45.5 Å². The lowest BCUT2D eigenvalue weighted by Gasteiger charge is -2.05. The molecule has 1 atom stereocenters. The molecule has 0 bridgehead atoms. The van der Waals surface area contributed by atoms with Gasteiger partial charge in [0.25, 0.3) is 0 Å². The summed E-state index contributed by atoms with van der Waals surface area (Å²) in [6.07, 6.45) is 0. The Bertz CT molecular complexity index is 390. The smallest absolute Gasteiger partial charge is 0.125 e. The molecule has 0 aliphatic carbocycles. The molecule has 2 aromatic rings. The van der Waals surface area contributed by atoms with Crippen LogP contribution in [0.5, 0.6) is 0 Å². The van der Waals surface area contributed by atoms with E-state index in [1.165, 1.54) is 4.88 Å². The van der Waals surface area contributed by atoms with Crippen LogP contribution in [0.3, 0.4) is 0 Å². The van der Waals surface area contributed by atoms with Gasteiger partial charge in [0, 0.05) is 4.88 Å². The summed E-state index contributed by atoms with van der Waals surface area (Å²) in [5.74, 6) is 1.74. The molecular weight excluding hydrogens is 194 g/mol. The Morgan fingerprint density at radius 1 is 1.36 bits per heavy atom. The maximum absolute atomic E-state index is 6.06. The van der Waals surface area contributed by atoms with Crippen LogP contribution in [0.4, 0.5) is 0 Å². The highest BCUT2D eigenvalue weighted by molar-refractivity contribution is 7.10. The number of hydrogen-bond donors (Lipinski definition) is 1. The topological polar surface area (TPSA) is 39.2 Å². The zero-order valence-electron chi connectivity index (χ0n) is 8.28. The average Bonchev–Trinajstić information content (AvgIpc) is 2.73. The fourth-order valence-electron chi connectivity index (χ4n) is 1.41. The molecule has 2 rings (SSSR count). The van der Waals surface area contributed by atoms with Crippen molar-refractivity contribution in [2.45, 2.75) is 19.9 Å². The number of thiophene rings is 1. The van der Waals surface area contributed by atoms with E-state index in [0.717, 1.165) is 17.1 Å². The molecular formula is C11H13NOS. The predicted octanol–water partition coefficient (Wildman–Crippen LogP) is 3.01. The van der Waals surface area contributed by atoms with Gasteiger partial charge in [-0.1, -0.05) is 0 Å². The fraction of sp³-hybridized carbons (Fsp3) is 0.273. The Morgan fingerprint density at radius 2 is 2.14 bits per heavy atom. The Balaban J connectivity index is 2.28. The molecule has 14 heavy (non-hydrogen) atoms. The van der Waals surface area contributed by atoms with Crippen molar-refractivity contribution in [3.63, 3.8) is 0 Å². The van der Waals surface area contributed by atoms with Crippen molar-refractivity contribution in [2.75, 3.05) is 0 Å². The molecule has 0 saturated heterocycles. The third-order valence-corrected chi connectivity index (χ3v) is 3.06. The van der Waals surface area contributed by atoms with E-state index in [-0.39, 0.29) is 6.04 Å². The lowest BCUT2D eigenvalue weighted by atomic mass is 10.1. The van der Waals surface area contributed by atoms with Crippen molar-refractivity contribution >= 4 is 11.3 Å². The first-order valence-electron chi connectivity index (χ1n) is 4.54. The van der Waals surface area contributed by atoms with Gasteiger partial charge in [-0.2, -0.15) is 0 Å². The number of nitrogens with two attached hydrogens (primary N) is 1. The van der Waals surface area contributed by atoms with E-state index in [1.54, 1.807) is 11.3 Å². The second-order valence-corrected chi connectivity index (χ2v) is 4.53. The van der Waals surface area contributed by atoms with Crippen molar-refractivity contribution in [3.8, 4) is 0 Å². The minimum Gasteiger partial charge on any atom is -0.464 e. The highest BCUT2D eigenvalue weighted by atomic mass is 32.1. The van der Waals surface area contributed by atoms with Crippen LogP contribution in [-0.2, 0) is 0 Å². The minimum absolute atomic E-state index is 0.131. The van der Waals surface area contributed by atoms with Crippen LogP contribution in [0, 0.1) is 13.8 Å². The van der Waals surface area contributed by atoms with Crippen LogP contribution in [0.1, 0.15) is 28.0 Å². The molecule has 2 heterocycles. The SMILES string of the molecule is Cc1ccc(C(N)c2csc(C)c2)o1. The van der Waals surface area contributed by atoms with E-state index in [9.17, 15) is 0 Å². The fourth-order valence-corrected chi connectivity index (χ4v) is 2.15. The summed E-state index contributed by atoms with van der Waals surface area (Å²) in [5.41, 5.74) is 7.18. The maximum atomic E-state index is 6.06. The normalized spacial score (nSPS) is 13.1. The van der Waals surface area contributed by atoms with Crippen LogP contribution in [0.25, 0.3) is 0 Å². The maximum Gasteiger partial charge on any atom is 0.125 e. The number of hydrogen-bond acceptors (Lipinski definition) is 3. The van der Waals surface area contributed by atoms with Gasteiger partial charge in [0.15, 0.2) is 0 Å². The predicted molar refractivity (Wildman–Crippen MR) is 58.5 cm³/mol. The number of furan rings is 1. The first kappa shape index (κ1) is 9.49. The first-order valence-corrected chi connectivity index (χ1v) is 5.42. The average molecular weight is 207 g/mol. The molecule has 0 spiro atoms. The zero-order chi connectivity index (χ0) is 10.1. The van der Waals surface area contributed by atoms with Gasteiger partial charge < -0.3 is 10.2 Å². The quantitative estimate of drug-likeness (QED) is 0.822. The van der Waals surface area contributed by atoms with Crippen LogP contribution >= 0.6 is 11.3 Å². The Labute approximate surface area is 87.4 Å². The van der Waals surface area contributed by atoms with Gasteiger partial charge in [0.1, 0.15) is 11.5 Å². The minimum atomic E-state index is -0.131. The lowest BCUT2D eigenvalue weighted by molar-refractivity contribution is 0.466. The highest BCUT2D eigenvalue weighted by Gasteiger charge is 2.13. The summed E-state index contributed by atoms with van der Waals surface area (Å²) in [4.78, 5) is 1.28. The van der Waals surface area contributed by atoms with Gasteiger partial charge in [-0.15, -0.1) is 11.3 Å². The molecule has 0 radical (unpaired) electrons. The van der Waals surface area contributed by atoms with Crippen LogP contribution < -0.4 is 5.73 Å². The molecule has 74 valence electrons. The molecule has 0 amide bonds. The molecule has 1 unspecified atom stereocenters. The molecule has 2 N–H and O–H groups in total. The van der Waals surface area contributed by atoms with Crippen molar-refractivity contribution < 1.29 is 4.42 Å². The van der Waals surface area contributed by atoms with E-state index in [4.69, 9.17) is 10.2 Å². The van der Waals surface area contributed by atoms with E-state index in [2.05, 4.69) is 18.4 Å². The van der Waals surface area contributed by atoms with Gasteiger partial charge >= 0.3 is 0 Å². The zero-order valence-corrected chi connectivity index (χ0v) is 9.10. The summed E-state index contributed by atoms with van der Waals surface area (Å²) in [7, 11) is 0. The summed E-state index contributed by atoms with van der Waals surface area (Å²) in [6.45, 7) is 4.00. The summed E-state index contributed by atoms with van der Waals surface area (Å²) in [5, 5.41) is 2.08. The Hall–Kier alpha value is -1.06. The monoisotopic (exact) mass is 207 g/mol. The van der Waals surface area contributed by atoms with Crippen LogP contribution in [-0.4, -0.2) is 0 Å². The van der Waals surface area contributed by atoms with Gasteiger partial charge in [-0.25, -0.2) is 0 Å². The van der Waals surface area contributed by atoms with Crippen LogP contribution in [0.15, 0.2) is 28.0 Å². The lowest BCUT2D eigenvalue weighted by Crippen LogP contribution is -2.09. The molecule has 3 heteroatoms. The van der Waals surface area contributed by atoms with Crippen molar-refractivity contribution in [2.24, 2.45) is 5.73 Å². The molecule has 0 saturated carbocycles. The van der Waals surface area contributed by atoms with Gasteiger partial charge in [-0.05, 0) is 43.0 Å². The second kappa shape index (κ2) is 3.59. The molecule has 0 fully saturated rings. The molecule has 0 aliphatic heterocycles. The number of rotatable bonds is 2.